The third-order valence-electron chi connectivity index (χ3n) is 7.67. The van der Waals surface area contributed by atoms with E-state index in [4.69, 9.17) is 0 Å². The van der Waals surface area contributed by atoms with E-state index in [2.05, 4.69) is 34.6 Å². The largest absolute Gasteiger partial charge is 0.0654 e. The molecular formula is C32H65. The normalized spacial score (nSPS) is 13.7. The maximum absolute atomic E-state index is 4.50. The van der Waals surface area contributed by atoms with Crippen LogP contribution in [-0.4, -0.2) is 0 Å². The predicted molar refractivity (Wildman–Crippen MR) is 149 cm³/mol. The van der Waals surface area contributed by atoms with Crippen LogP contribution >= 0.6 is 0 Å². The van der Waals surface area contributed by atoms with Gasteiger partial charge in [0.05, 0.1) is 0 Å². The summed E-state index contributed by atoms with van der Waals surface area (Å²) in [6, 6.07) is 0. The molecule has 0 N–H and O–H groups in total. The number of hydrogen-bond acceptors (Lipinski definition) is 0. The van der Waals surface area contributed by atoms with Gasteiger partial charge in [0.2, 0.25) is 0 Å². The molecule has 0 heterocycles. The van der Waals surface area contributed by atoms with Crippen LogP contribution in [0.15, 0.2) is 0 Å². The van der Waals surface area contributed by atoms with E-state index in [0.29, 0.717) is 5.92 Å². The van der Waals surface area contributed by atoms with Crippen LogP contribution in [0, 0.1) is 24.7 Å². The zero-order valence-corrected chi connectivity index (χ0v) is 23.4. The van der Waals surface area contributed by atoms with Crippen molar-refractivity contribution in [3.05, 3.63) is 6.92 Å². The first-order chi connectivity index (χ1) is 15.6. The summed E-state index contributed by atoms with van der Waals surface area (Å²) in [6.45, 7) is 13.9. The van der Waals surface area contributed by atoms with Crippen molar-refractivity contribution in [1.82, 2.24) is 0 Å². The van der Waals surface area contributed by atoms with Crippen LogP contribution in [0.2, 0.25) is 0 Å². The van der Waals surface area contributed by atoms with Gasteiger partial charge in [0, 0.05) is 0 Å². The molecule has 0 spiro atoms. The molecule has 0 saturated carbocycles. The Morgan fingerprint density at radius 2 is 0.719 bits per heavy atom. The van der Waals surface area contributed by atoms with Crippen molar-refractivity contribution < 1.29 is 0 Å². The quantitative estimate of drug-likeness (QED) is 0.115. The van der Waals surface area contributed by atoms with E-state index in [-0.39, 0.29) is 0 Å². The average Bonchev–Trinajstić information content (AvgIpc) is 2.77. The van der Waals surface area contributed by atoms with Gasteiger partial charge in [0.25, 0.3) is 0 Å². The van der Waals surface area contributed by atoms with Gasteiger partial charge in [0.15, 0.2) is 0 Å². The molecule has 0 aromatic carbocycles. The maximum atomic E-state index is 4.50. The van der Waals surface area contributed by atoms with E-state index in [1.54, 1.807) is 0 Å². The summed E-state index contributed by atoms with van der Waals surface area (Å²) in [5, 5.41) is 0. The number of rotatable bonds is 26. The Hall–Kier alpha value is 0. The van der Waals surface area contributed by atoms with Gasteiger partial charge < -0.3 is 0 Å². The molecule has 0 rings (SSSR count). The van der Waals surface area contributed by atoms with E-state index in [0.717, 1.165) is 11.8 Å². The summed E-state index contributed by atoms with van der Waals surface area (Å²) in [5.74, 6) is 2.40. The fraction of sp³-hybridized carbons (Fsp3) is 0.969. The Labute approximate surface area is 206 Å². The average molecular weight is 450 g/mol. The monoisotopic (exact) mass is 450 g/mol. The van der Waals surface area contributed by atoms with Gasteiger partial charge in [-0.1, -0.05) is 182 Å². The van der Waals surface area contributed by atoms with Crippen LogP contribution in [0.4, 0.5) is 0 Å². The van der Waals surface area contributed by atoms with Crippen molar-refractivity contribution in [2.75, 3.05) is 0 Å². The lowest BCUT2D eigenvalue weighted by Gasteiger charge is -2.19. The molecule has 1 radical (unpaired) electrons. The van der Waals surface area contributed by atoms with Gasteiger partial charge in [0.1, 0.15) is 0 Å². The molecule has 0 aliphatic carbocycles. The molecule has 0 aliphatic rings. The van der Waals surface area contributed by atoms with E-state index in [9.17, 15) is 0 Å². The fourth-order valence-electron chi connectivity index (χ4n) is 5.02. The van der Waals surface area contributed by atoms with E-state index < -0.39 is 0 Å². The summed E-state index contributed by atoms with van der Waals surface area (Å²) in [7, 11) is 0. The van der Waals surface area contributed by atoms with Crippen LogP contribution < -0.4 is 0 Å². The van der Waals surface area contributed by atoms with Crippen molar-refractivity contribution in [2.24, 2.45) is 17.8 Å². The van der Waals surface area contributed by atoms with Crippen molar-refractivity contribution >= 4 is 0 Å². The molecule has 0 bridgehead atoms. The second-order valence-corrected chi connectivity index (χ2v) is 11.6. The van der Waals surface area contributed by atoms with Crippen molar-refractivity contribution in [1.29, 1.82) is 0 Å². The Balaban J connectivity index is 3.29. The Kier molecular flexibility index (Phi) is 25.6. The fourth-order valence-corrected chi connectivity index (χ4v) is 5.02. The Morgan fingerprint density at radius 1 is 0.406 bits per heavy atom. The molecule has 193 valence electrons. The smallest absolute Gasteiger partial charge is 0.0388 e. The zero-order valence-electron chi connectivity index (χ0n) is 23.4. The first-order valence-corrected chi connectivity index (χ1v) is 15.4. The third kappa shape index (κ3) is 24.6. The van der Waals surface area contributed by atoms with Crippen molar-refractivity contribution in [3.8, 4) is 0 Å². The third-order valence-corrected chi connectivity index (χ3v) is 7.67. The summed E-state index contributed by atoms with van der Waals surface area (Å²) in [5.41, 5.74) is 0. The summed E-state index contributed by atoms with van der Waals surface area (Å²) in [6.07, 6.45) is 34.7. The van der Waals surface area contributed by atoms with Gasteiger partial charge >= 0.3 is 0 Å². The lowest BCUT2D eigenvalue weighted by Crippen LogP contribution is -2.08. The molecule has 0 saturated heterocycles. The lowest BCUT2D eigenvalue weighted by molar-refractivity contribution is 0.350. The molecule has 0 amide bonds. The van der Waals surface area contributed by atoms with Crippen LogP contribution in [0.1, 0.15) is 182 Å². The van der Waals surface area contributed by atoms with Crippen LogP contribution in [0.3, 0.4) is 0 Å². The van der Waals surface area contributed by atoms with E-state index in [1.807, 2.05) is 0 Å². The highest BCUT2D eigenvalue weighted by Gasteiger charge is 2.11. The van der Waals surface area contributed by atoms with Gasteiger partial charge in [-0.3, -0.25) is 0 Å². The summed E-state index contributed by atoms with van der Waals surface area (Å²) in [4.78, 5) is 0. The minimum absolute atomic E-state index is 0.685. The number of unbranched alkanes of at least 4 members (excludes halogenated alkanes) is 19. The number of hydrogen-bond donors (Lipinski definition) is 0. The van der Waals surface area contributed by atoms with Crippen LogP contribution in [0.25, 0.3) is 0 Å². The molecule has 0 nitrogen and oxygen atoms in total. The molecule has 0 aromatic heterocycles. The molecule has 32 heavy (non-hydrogen) atoms. The summed E-state index contributed by atoms with van der Waals surface area (Å²) < 4.78 is 0. The Bertz CT molecular complexity index is 331. The minimum Gasteiger partial charge on any atom is -0.0654 e. The summed E-state index contributed by atoms with van der Waals surface area (Å²) >= 11 is 0. The topological polar surface area (TPSA) is 0 Å². The van der Waals surface area contributed by atoms with Crippen molar-refractivity contribution in [2.45, 2.75) is 182 Å². The predicted octanol–water partition coefficient (Wildman–Crippen LogP) is 12.1. The standard InChI is InChI=1S/C32H65/c1-6-7-8-9-10-11-16-19-22-25-28-31(4)32(5)29-26-23-20-17-14-12-13-15-18-21-24-27-30(2)3/h30-32H,5-29H2,1-4H3. The molecule has 2 atom stereocenters. The van der Waals surface area contributed by atoms with Crippen molar-refractivity contribution in [3.63, 3.8) is 0 Å². The van der Waals surface area contributed by atoms with E-state index in [1.165, 1.54) is 154 Å². The van der Waals surface area contributed by atoms with E-state index >= 15 is 0 Å². The van der Waals surface area contributed by atoms with Crippen LogP contribution in [0.5, 0.6) is 0 Å². The van der Waals surface area contributed by atoms with Gasteiger partial charge in [-0.2, -0.15) is 0 Å². The highest BCUT2D eigenvalue weighted by molar-refractivity contribution is 4.69. The molecule has 0 heteroatoms. The molecule has 0 aromatic rings. The molecular weight excluding hydrogens is 384 g/mol. The van der Waals surface area contributed by atoms with Gasteiger partial charge in [-0.05, 0) is 24.7 Å². The Morgan fingerprint density at radius 3 is 1.09 bits per heavy atom. The van der Waals surface area contributed by atoms with Crippen LogP contribution in [-0.2, 0) is 0 Å². The highest BCUT2D eigenvalue weighted by atomic mass is 14.2. The first-order valence-electron chi connectivity index (χ1n) is 15.4. The molecule has 2 unspecified atom stereocenters. The van der Waals surface area contributed by atoms with Gasteiger partial charge in [-0.25, -0.2) is 0 Å². The first kappa shape index (κ1) is 32.0. The van der Waals surface area contributed by atoms with Gasteiger partial charge in [-0.15, -0.1) is 0 Å². The maximum Gasteiger partial charge on any atom is -0.0388 e. The second kappa shape index (κ2) is 25.6. The highest BCUT2D eigenvalue weighted by Crippen LogP contribution is 2.24. The lowest BCUT2D eigenvalue weighted by atomic mass is 9.86. The second-order valence-electron chi connectivity index (χ2n) is 11.6. The molecule has 0 fully saturated rings. The minimum atomic E-state index is 0.685. The zero-order chi connectivity index (χ0) is 23.7. The molecule has 0 aliphatic heterocycles. The SMILES string of the molecule is [CH2]C(CCCCCCCCCCCCCC(C)C)C(C)CCCCCCCCCCCC.